The van der Waals surface area contributed by atoms with Gasteiger partial charge in [0.15, 0.2) is 5.78 Å². The van der Waals surface area contributed by atoms with Gasteiger partial charge in [-0.05, 0) is 65.4 Å². The zero-order valence-corrected chi connectivity index (χ0v) is 13.2. The Hall–Kier alpha value is -0.750. The van der Waals surface area contributed by atoms with Gasteiger partial charge in [0.1, 0.15) is 5.82 Å². The van der Waals surface area contributed by atoms with Crippen molar-refractivity contribution in [2.75, 3.05) is 0 Å². The van der Waals surface area contributed by atoms with Crippen molar-refractivity contribution in [3.63, 3.8) is 0 Å². The fourth-order valence-electron chi connectivity index (χ4n) is 1.66. The van der Waals surface area contributed by atoms with E-state index in [0.717, 1.165) is 13.6 Å². The molecular formula is C14H9BrFIO. The summed E-state index contributed by atoms with van der Waals surface area (Å²) < 4.78 is 14.9. The quantitative estimate of drug-likeness (QED) is 0.508. The first-order chi connectivity index (χ1) is 8.49. The highest BCUT2D eigenvalue weighted by molar-refractivity contribution is 14.1. The van der Waals surface area contributed by atoms with Crippen molar-refractivity contribution >= 4 is 44.3 Å². The summed E-state index contributed by atoms with van der Waals surface area (Å²) in [7, 11) is 0. The highest BCUT2D eigenvalue weighted by Crippen LogP contribution is 2.24. The zero-order valence-electron chi connectivity index (χ0n) is 9.51. The minimum atomic E-state index is -0.397. The van der Waals surface area contributed by atoms with Gasteiger partial charge >= 0.3 is 0 Å². The third-order valence-corrected chi connectivity index (χ3v) is 3.98. The molecule has 0 radical (unpaired) electrons. The van der Waals surface area contributed by atoms with E-state index in [1.54, 1.807) is 19.1 Å². The van der Waals surface area contributed by atoms with Crippen LogP contribution in [0.3, 0.4) is 0 Å². The normalized spacial score (nSPS) is 10.4. The van der Waals surface area contributed by atoms with E-state index in [1.807, 2.05) is 12.1 Å². The first-order valence-electron chi connectivity index (χ1n) is 5.25. The van der Waals surface area contributed by atoms with Gasteiger partial charge in [-0.1, -0.05) is 22.0 Å². The third kappa shape index (κ3) is 2.80. The standard InChI is InChI=1S/C14H9BrFIO/c1-8-2-3-9(16)6-11(8)14(18)12-7-10(17)4-5-13(12)15/h2-7H,1H3. The molecule has 18 heavy (non-hydrogen) atoms. The number of aryl methyl sites for hydroxylation is 1. The Balaban J connectivity index is 2.54. The maximum Gasteiger partial charge on any atom is 0.194 e. The Bertz CT molecular complexity index is 572. The van der Waals surface area contributed by atoms with Crippen molar-refractivity contribution in [1.29, 1.82) is 0 Å². The number of rotatable bonds is 2. The van der Waals surface area contributed by atoms with Crippen LogP contribution in [-0.2, 0) is 0 Å². The number of halogens is 3. The molecule has 0 bridgehead atoms. The van der Waals surface area contributed by atoms with Crippen molar-refractivity contribution in [1.82, 2.24) is 0 Å². The summed E-state index contributed by atoms with van der Waals surface area (Å²) >= 11 is 5.50. The monoisotopic (exact) mass is 418 g/mol. The van der Waals surface area contributed by atoms with Gasteiger partial charge in [0.2, 0.25) is 0 Å². The van der Waals surface area contributed by atoms with Gasteiger partial charge in [-0.3, -0.25) is 4.79 Å². The fourth-order valence-corrected chi connectivity index (χ4v) is 2.57. The first-order valence-corrected chi connectivity index (χ1v) is 7.12. The largest absolute Gasteiger partial charge is 0.289 e. The van der Waals surface area contributed by atoms with Crippen molar-refractivity contribution in [3.8, 4) is 0 Å². The summed E-state index contributed by atoms with van der Waals surface area (Å²) in [6.45, 7) is 1.80. The lowest BCUT2D eigenvalue weighted by Gasteiger charge is -2.07. The van der Waals surface area contributed by atoms with E-state index in [0.29, 0.717) is 11.1 Å². The molecule has 0 N–H and O–H groups in total. The highest BCUT2D eigenvalue weighted by Gasteiger charge is 2.15. The number of hydrogen-bond acceptors (Lipinski definition) is 1. The van der Waals surface area contributed by atoms with Crippen molar-refractivity contribution < 1.29 is 9.18 Å². The summed E-state index contributed by atoms with van der Waals surface area (Å²) in [5.41, 5.74) is 1.72. The van der Waals surface area contributed by atoms with Gasteiger partial charge in [-0.15, -0.1) is 0 Å². The second-order valence-electron chi connectivity index (χ2n) is 3.91. The zero-order chi connectivity index (χ0) is 13.3. The van der Waals surface area contributed by atoms with Gasteiger partial charge < -0.3 is 0 Å². The van der Waals surface area contributed by atoms with Crippen LogP contribution in [-0.4, -0.2) is 5.78 Å². The Morgan fingerprint density at radius 2 is 1.89 bits per heavy atom. The molecule has 2 aromatic rings. The van der Waals surface area contributed by atoms with Gasteiger partial charge in [0.05, 0.1) is 0 Å². The lowest BCUT2D eigenvalue weighted by Crippen LogP contribution is -2.05. The predicted molar refractivity (Wildman–Crippen MR) is 81.4 cm³/mol. The number of benzene rings is 2. The molecule has 0 saturated heterocycles. The van der Waals surface area contributed by atoms with Crippen molar-refractivity contribution in [3.05, 3.63) is 66.9 Å². The minimum Gasteiger partial charge on any atom is -0.289 e. The maximum absolute atomic E-state index is 13.2. The molecule has 1 nitrogen and oxygen atoms in total. The molecule has 4 heteroatoms. The minimum absolute atomic E-state index is 0.169. The highest BCUT2D eigenvalue weighted by atomic mass is 127. The summed E-state index contributed by atoms with van der Waals surface area (Å²) in [4.78, 5) is 12.4. The van der Waals surface area contributed by atoms with Gasteiger partial charge in [-0.25, -0.2) is 4.39 Å². The average molecular weight is 419 g/mol. The molecule has 0 unspecified atom stereocenters. The maximum atomic E-state index is 13.2. The molecule has 0 aliphatic rings. The van der Waals surface area contributed by atoms with Gasteiger partial charge in [-0.2, -0.15) is 0 Å². The molecule has 0 saturated carbocycles. The van der Waals surface area contributed by atoms with E-state index in [2.05, 4.69) is 38.5 Å². The van der Waals surface area contributed by atoms with Crippen LogP contribution in [0.2, 0.25) is 0 Å². The molecule has 0 aliphatic carbocycles. The number of carbonyl (C=O) groups excluding carboxylic acids is 1. The van der Waals surface area contributed by atoms with Crippen LogP contribution in [0.4, 0.5) is 4.39 Å². The fraction of sp³-hybridized carbons (Fsp3) is 0.0714. The SMILES string of the molecule is Cc1ccc(F)cc1C(=O)c1cc(I)ccc1Br. The topological polar surface area (TPSA) is 17.1 Å². The van der Waals surface area contributed by atoms with Crippen LogP contribution in [0.5, 0.6) is 0 Å². The van der Waals surface area contributed by atoms with Crippen LogP contribution in [0.15, 0.2) is 40.9 Å². The first kappa shape index (κ1) is 13.7. The van der Waals surface area contributed by atoms with Crippen molar-refractivity contribution in [2.24, 2.45) is 0 Å². The molecule has 0 aliphatic heterocycles. The molecule has 0 amide bonds. The second-order valence-corrected chi connectivity index (χ2v) is 6.01. The van der Waals surface area contributed by atoms with E-state index >= 15 is 0 Å². The molecule has 2 aromatic carbocycles. The van der Waals surface area contributed by atoms with Gasteiger partial charge in [0, 0.05) is 19.2 Å². The lowest BCUT2D eigenvalue weighted by atomic mass is 9.99. The van der Waals surface area contributed by atoms with Crippen LogP contribution in [0.1, 0.15) is 21.5 Å². The Morgan fingerprint density at radius 1 is 1.17 bits per heavy atom. The summed E-state index contributed by atoms with van der Waals surface area (Å²) in [5.74, 6) is -0.567. The number of carbonyl (C=O) groups is 1. The van der Waals surface area contributed by atoms with E-state index in [-0.39, 0.29) is 5.78 Å². The van der Waals surface area contributed by atoms with Gasteiger partial charge in [0.25, 0.3) is 0 Å². The molecule has 92 valence electrons. The third-order valence-electron chi connectivity index (χ3n) is 2.62. The van der Waals surface area contributed by atoms with Crippen LogP contribution in [0.25, 0.3) is 0 Å². The molecule has 0 spiro atoms. The average Bonchev–Trinajstić information content (AvgIpc) is 2.34. The van der Waals surface area contributed by atoms with E-state index in [4.69, 9.17) is 0 Å². The molecule has 0 heterocycles. The Kier molecular flexibility index (Phi) is 4.17. The molecular weight excluding hydrogens is 410 g/mol. The number of ketones is 1. The Morgan fingerprint density at radius 3 is 2.61 bits per heavy atom. The molecule has 0 aromatic heterocycles. The Labute approximate surface area is 127 Å². The van der Waals surface area contributed by atoms with E-state index in [1.165, 1.54) is 12.1 Å². The molecule has 0 atom stereocenters. The lowest BCUT2D eigenvalue weighted by molar-refractivity contribution is 0.103. The second kappa shape index (κ2) is 5.48. The predicted octanol–water partition coefficient (Wildman–Crippen LogP) is 4.73. The van der Waals surface area contributed by atoms with Crippen LogP contribution in [0, 0.1) is 16.3 Å². The smallest absolute Gasteiger partial charge is 0.194 e. The molecule has 2 rings (SSSR count). The van der Waals surface area contributed by atoms with E-state index in [9.17, 15) is 9.18 Å². The van der Waals surface area contributed by atoms with Crippen LogP contribution < -0.4 is 0 Å². The van der Waals surface area contributed by atoms with Crippen molar-refractivity contribution in [2.45, 2.75) is 6.92 Å². The van der Waals surface area contributed by atoms with Crippen LogP contribution >= 0.6 is 38.5 Å². The van der Waals surface area contributed by atoms with E-state index < -0.39 is 5.82 Å². The summed E-state index contributed by atoms with van der Waals surface area (Å²) in [6, 6.07) is 9.77. The number of hydrogen-bond donors (Lipinski definition) is 0. The summed E-state index contributed by atoms with van der Waals surface area (Å²) in [5, 5.41) is 0. The summed E-state index contributed by atoms with van der Waals surface area (Å²) in [6.07, 6.45) is 0. The molecule has 0 fully saturated rings.